The fourth-order valence-corrected chi connectivity index (χ4v) is 4.50. The van der Waals surface area contributed by atoms with Crippen LogP contribution in [0.25, 0.3) is 10.6 Å². The van der Waals surface area contributed by atoms with Crippen LogP contribution in [-0.2, 0) is 0 Å². The number of nitrogens with zero attached hydrogens (tertiary/aromatic N) is 4. The highest BCUT2D eigenvalue weighted by Crippen LogP contribution is 2.33. The van der Waals surface area contributed by atoms with Gasteiger partial charge in [0.1, 0.15) is 15.8 Å². The zero-order chi connectivity index (χ0) is 21.1. The van der Waals surface area contributed by atoms with Crippen molar-refractivity contribution in [1.82, 2.24) is 15.1 Å². The monoisotopic (exact) mass is 424 g/mol. The third-order valence-electron chi connectivity index (χ3n) is 5.16. The number of piperidine rings is 1. The van der Waals surface area contributed by atoms with Crippen molar-refractivity contribution >= 4 is 22.9 Å². The summed E-state index contributed by atoms with van der Waals surface area (Å²) < 4.78 is 5.19. The molecule has 1 aliphatic heterocycles. The number of ether oxygens (including phenoxy) is 1. The Labute approximate surface area is 177 Å². The minimum atomic E-state index is -0.471. The van der Waals surface area contributed by atoms with E-state index in [1.807, 2.05) is 24.3 Å². The largest absolute Gasteiger partial charge is 0.497 e. The first-order chi connectivity index (χ1) is 14.5. The number of methoxy groups -OCH3 is 1. The van der Waals surface area contributed by atoms with Crippen molar-refractivity contribution in [1.29, 1.82) is 0 Å². The first-order valence-corrected chi connectivity index (χ1v) is 10.4. The second-order valence-electron chi connectivity index (χ2n) is 7.07. The topological polar surface area (TPSA) is 98.5 Å². The predicted molar refractivity (Wildman–Crippen MR) is 113 cm³/mol. The van der Waals surface area contributed by atoms with Crippen LogP contribution in [-0.4, -0.2) is 46.1 Å². The number of amides is 1. The van der Waals surface area contributed by atoms with Crippen LogP contribution in [0.1, 0.15) is 34.1 Å². The molecule has 0 bridgehead atoms. The van der Waals surface area contributed by atoms with Crippen molar-refractivity contribution in [3.63, 3.8) is 0 Å². The summed E-state index contributed by atoms with van der Waals surface area (Å²) in [5, 5.41) is 21.3. The fourth-order valence-electron chi connectivity index (χ4n) is 3.52. The molecule has 1 saturated heterocycles. The van der Waals surface area contributed by atoms with Gasteiger partial charge in [0.2, 0.25) is 0 Å². The number of likely N-dealkylation sites (tertiary alicyclic amines) is 1. The van der Waals surface area contributed by atoms with Crippen molar-refractivity contribution in [3.8, 4) is 16.3 Å². The predicted octanol–water partition coefficient (Wildman–Crippen LogP) is 4.14. The Morgan fingerprint density at radius 1 is 1.17 bits per heavy atom. The molecule has 2 heterocycles. The Morgan fingerprint density at radius 3 is 2.57 bits per heavy atom. The van der Waals surface area contributed by atoms with E-state index in [4.69, 9.17) is 4.74 Å². The Bertz CT molecular complexity index is 1050. The number of hydrogen-bond acceptors (Lipinski definition) is 7. The third-order valence-corrected chi connectivity index (χ3v) is 6.30. The number of rotatable bonds is 5. The summed E-state index contributed by atoms with van der Waals surface area (Å²) in [7, 11) is 1.63. The van der Waals surface area contributed by atoms with Crippen LogP contribution in [0.4, 0.5) is 5.69 Å². The molecule has 30 heavy (non-hydrogen) atoms. The van der Waals surface area contributed by atoms with E-state index in [-0.39, 0.29) is 17.5 Å². The molecule has 1 atom stereocenters. The van der Waals surface area contributed by atoms with E-state index in [0.717, 1.165) is 34.2 Å². The molecule has 0 radical (unpaired) electrons. The molecule has 1 aromatic heterocycles. The van der Waals surface area contributed by atoms with Gasteiger partial charge in [0.25, 0.3) is 11.6 Å². The van der Waals surface area contributed by atoms with Crippen molar-refractivity contribution in [2.75, 3.05) is 20.2 Å². The summed E-state index contributed by atoms with van der Waals surface area (Å²) in [5.41, 5.74) is 1.41. The van der Waals surface area contributed by atoms with Gasteiger partial charge in [-0.1, -0.05) is 11.3 Å². The van der Waals surface area contributed by atoms with Gasteiger partial charge in [-0.2, -0.15) is 0 Å². The van der Waals surface area contributed by atoms with Crippen LogP contribution in [0, 0.1) is 10.1 Å². The highest BCUT2D eigenvalue weighted by atomic mass is 32.1. The third kappa shape index (κ3) is 4.16. The molecule has 0 spiro atoms. The van der Waals surface area contributed by atoms with Gasteiger partial charge in [-0.05, 0) is 49.2 Å². The number of aromatic nitrogens is 2. The summed E-state index contributed by atoms with van der Waals surface area (Å²) in [4.78, 5) is 25.0. The molecular weight excluding hydrogens is 404 g/mol. The highest BCUT2D eigenvalue weighted by Gasteiger charge is 2.28. The molecular formula is C21H20N4O4S. The van der Waals surface area contributed by atoms with E-state index >= 15 is 0 Å². The number of carbonyl (C=O) groups excluding carboxylic acids is 1. The van der Waals surface area contributed by atoms with Crippen molar-refractivity contribution in [3.05, 3.63) is 69.2 Å². The van der Waals surface area contributed by atoms with Crippen molar-refractivity contribution < 1.29 is 14.5 Å². The van der Waals surface area contributed by atoms with Gasteiger partial charge in [-0.15, -0.1) is 10.2 Å². The highest BCUT2D eigenvalue weighted by molar-refractivity contribution is 7.14. The van der Waals surface area contributed by atoms with E-state index in [9.17, 15) is 14.9 Å². The molecule has 2 aromatic carbocycles. The molecule has 4 rings (SSSR count). The van der Waals surface area contributed by atoms with Gasteiger partial charge in [-0.25, -0.2) is 0 Å². The van der Waals surface area contributed by atoms with Crippen molar-refractivity contribution in [2.24, 2.45) is 0 Å². The Balaban J connectivity index is 1.46. The normalized spacial score (nSPS) is 16.3. The molecule has 0 aliphatic carbocycles. The zero-order valence-electron chi connectivity index (χ0n) is 16.4. The van der Waals surface area contributed by atoms with Crippen LogP contribution in [0.5, 0.6) is 5.75 Å². The van der Waals surface area contributed by atoms with Crippen LogP contribution in [0.2, 0.25) is 0 Å². The van der Waals surface area contributed by atoms with E-state index < -0.39 is 4.92 Å². The van der Waals surface area contributed by atoms with E-state index in [0.29, 0.717) is 18.7 Å². The smallest absolute Gasteiger partial charge is 0.269 e. The molecule has 9 heteroatoms. The van der Waals surface area contributed by atoms with Crippen LogP contribution in [0.3, 0.4) is 0 Å². The van der Waals surface area contributed by atoms with Crippen LogP contribution in [0.15, 0.2) is 48.5 Å². The zero-order valence-corrected chi connectivity index (χ0v) is 17.2. The number of benzene rings is 2. The SMILES string of the molecule is COc1ccc(-c2nnc(C3CCCN(C(=O)c4ccc([N+](=O)[O-])cc4)C3)s2)cc1. The quantitative estimate of drug-likeness (QED) is 0.451. The van der Waals surface area contributed by atoms with E-state index in [2.05, 4.69) is 10.2 Å². The number of carbonyl (C=O) groups is 1. The maximum absolute atomic E-state index is 12.9. The minimum absolute atomic E-state index is 0.0250. The molecule has 1 aliphatic rings. The Hall–Kier alpha value is -3.33. The molecule has 154 valence electrons. The van der Waals surface area contributed by atoms with Crippen LogP contribution < -0.4 is 4.74 Å². The molecule has 0 saturated carbocycles. The minimum Gasteiger partial charge on any atom is -0.497 e. The van der Waals surface area contributed by atoms with Gasteiger partial charge in [0.05, 0.1) is 12.0 Å². The molecule has 1 unspecified atom stereocenters. The Morgan fingerprint density at radius 2 is 1.90 bits per heavy atom. The molecule has 1 fully saturated rings. The summed E-state index contributed by atoms with van der Waals surface area (Å²) in [6, 6.07) is 13.4. The first-order valence-electron chi connectivity index (χ1n) is 9.56. The maximum Gasteiger partial charge on any atom is 0.269 e. The van der Waals surface area contributed by atoms with Crippen LogP contribution >= 0.6 is 11.3 Å². The number of hydrogen-bond donors (Lipinski definition) is 0. The molecule has 0 N–H and O–H groups in total. The average Bonchev–Trinajstić information content (AvgIpc) is 3.29. The molecule has 3 aromatic rings. The number of non-ortho nitro benzene ring substituents is 1. The number of nitro benzene ring substituents is 1. The summed E-state index contributed by atoms with van der Waals surface area (Å²) in [5.74, 6) is 0.802. The first kappa shape index (κ1) is 20.0. The summed E-state index contributed by atoms with van der Waals surface area (Å²) in [6.45, 7) is 1.23. The van der Waals surface area contributed by atoms with Gasteiger partial charge >= 0.3 is 0 Å². The average molecular weight is 424 g/mol. The second-order valence-corrected chi connectivity index (χ2v) is 8.08. The Kier molecular flexibility index (Phi) is 5.71. The lowest BCUT2D eigenvalue weighted by atomic mass is 9.98. The van der Waals surface area contributed by atoms with E-state index in [1.165, 1.54) is 24.3 Å². The van der Waals surface area contributed by atoms with Gasteiger partial charge < -0.3 is 9.64 Å². The second kappa shape index (κ2) is 8.58. The lowest BCUT2D eigenvalue weighted by molar-refractivity contribution is -0.384. The standard InChI is InChI=1S/C21H20N4O4S/c1-29-18-10-6-14(7-11-18)19-22-23-20(30-19)16-3-2-12-24(13-16)21(26)15-4-8-17(9-5-15)25(27)28/h4-11,16H,2-3,12-13H2,1H3. The number of nitro groups is 1. The van der Waals surface area contributed by atoms with Gasteiger partial charge in [0, 0.05) is 42.3 Å². The maximum atomic E-state index is 12.9. The van der Waals surface area contributed by atoms with E-state index in [1.54, 1.807) is 23.3 Å². The molecule has 8 nitrogen and oxygen atoms in total. The van der Waals surface area contributed by atoms with Gasteiger partial charge in [-0.3, -0.25) is 14.9 Å². The molecule has 1 amide bonds. The van der Waals surface area contributed by atoms with Gasteiger partial charge in [0.15, 0.2) is 0 Å². The summed E-state index contributed by atoms with van der Waals surface area (Å²) >= 11 is 1.54. The lowest BCUT2D eigenvalue weighted by Gasteiger charge is -2.31. The summed E-state index contributed by atoms with van der Waals surface area (Å²) in [6.07, 6.45) is 1.82. The lowest BCUT2D eigenvalue weighted by Crippen LogP contribution is -2.39. The van der Waals surface area contributed by atoms with Crippen molar-refractivity contribution in [2.45, 2.75) is 18.8 Å². The fraction of sp³-hybridized carbons (Fsp3) is 0.286.